The second-order valence-corrected chi connectivity index (χ2v) is 4.03. The largest absolute Gasteiger partial charge is 0.335 e. The van der Waals surface area contributed by atoms with Gasteiger partial charge in [-0.05, 0) is 24.4 Å². The topological polar surface area (TPSA) is 72.5 Å². The van der Waals surface area contributed by atoms with Crippen molar-refractivity contribution in [1.29, 1.82) is 0 Å². The van der Waals surface area contributed by atoms with Crippen LogP contribution in [0.5, 0.6) is 0 Å². The van der Waals surface area contributed by atoms with E-state index in [9.17, 15) is 0 Å². The maximum Gasteiger partial charge on any atom is 0.214 e. The molecule has 3 N–H and O–H groups in total. The normalized spacial score (nSPS) is 10.8. The average molecular weight is 243 g/mol. The molecular weight excluding hydrogens is 234 g/mol. The summed E-state index contributed by atoms with van der Waals surface area (Å²) in [4.78, 5) is 4.35. The number of hydrogen-bond donors (Lipinski definition) is 2. The summed E-state index contributed by atoms with van der Waals surface area (Å²) in [5.74, 6) is 6.35. The molecule has 3 rings (SSSR count). The molecule has 0 radical (unpaired) electrons. The van der Waals surface area contributed by atoms with E-state index in [4.69, 9.17) is 18.1 Å². The number of pyridine rings is 1. The van der Waals surface area contributed by atoms with E-state index in [1.807, 2.05) is 30.3 Å². The summed E-state index contributed by atoms with van der Waals surface area (Å²) in [6.07, 6.45) is 1.73. The van der Waals surface area contributed by atoms with Crippen molar-refractivity contribution in [2.75, 3.05) is 5.84 Å². The van der Waals surface area contributed by atoms with Crippen LogP contribution in [-0.2, 0) is 0 Å². The van der Waals surface area contributed by atoms with Crippen LogP contribution in [-0.4, -0.2) is 19.9 Å². The van der Waals surface area contributed by atoms with Crippen molar-refractivity contribution >= 4 is 23.1 Å². The van der Waals surface area contributed by atoms with Crippen LogP contribution in [0.15, 0.2) is 36.5 Å². The van der Waals surface area contributed by atoms with E-state index in [-0.39, 0.29) is 0 Å². The van der Waals surface area contributed by atoms with Crippen LogP contribution in [0.25, 0.3) is 22.3 Å². The predicted octanol–water partition coefficient (Wildman–Crippen LogP) is 1.87. The highest BCUT2D eigenvalue weighted by atomic mass is 32.1. The van der Waals surface area contributed by atoms with Crippen molar-refractivity contribution in [2.45, 2.75) is 0 Å². The molecule has 0 aliphatic heterocycles. The molecule has 0 unspecified atom stereocenters. The molecule has 5 nitrogen and oxygen atoms in total. The minimum atomic E-state index is 0.383. The van der Waals surface area contributed by atoms with Crippen LogP contribution in [0, 0.1) is 4.77 Å². The van der Waals surface area contributed by atoms with Crippen LogP contribution in [0.1, 0.15) is 0 Å². The van der Waals surface area contributed by atoms with Crippen LogP contribution in [0.4, 0.5) is 0 Å². The molecule has 6 heteroatoms. The first-order chi connectivity index (χ1) is 8.25. The van der Waals surface area contributed by atoms with Crippen molar-refractivity contribution in [1.82, 2.24) is 19.9 Å². The molecule has 0 spiro atoms. The second kappa shape index (κ2) is 3.67. The summed E-state index contributed by atoms with van der Waals surface area (Å²) in [6, 6.07) is 9.85. The standard InChI is InChI=1S/C11H9N5S/c12-16-10(14-15-11(16)17)8-5-7-3-1-2-4-9(7)13-6-8/h1-6H,12H2,(H,15,17). The van der Waals surface area contributed by atoms with Crippen molar-refractivity contribution in [3.05, 3.63) is 41.3 Å². The molecule has 0 aliphatic rings. The Bertz CT molecular complexity index is 743. The number of H-pyrrole nitrogens is 1. The maximum atomic E-state index is 5.77. The molecule has 0 saturated heterocycles. The summed E-state index contributed by atoms with van der Waals surface area (Å²) in [6.45, 7) is 0. The lowest BCUT2D eigenvalue weighted by Gasteiger charge is -2.01. The monoisotopic (exact) mass is 243 g/mol. The van der Waals surface area contributed by atoms with Gasteiger partial charge in [-0.15, -0.1) is 0 Å². The lowest BCUT2D eigenvalue weighted by atomic mass is 10.1. The number of nitrogens with one attached hydrogen (secondary N) is 1. The van der Waals surface area contributed by atoms with E-state index in [1.54, 1.807) is 6.20 Å². The first-order valence-corrected chi connectivity index (χ1v) is 5.44. The van der Waals surface area contributed by atoms with Gasteiger partial charge in [0.25, 0.3) is 0 Å². The van der Waals surface area contributed by atoms with Gasteiger partial charge in [0.05, 0.1) is 5.52 Å². The van der Waals surface area contributed by atoms with E-state index in [2.05, 4.69) is 15.2 Å². The zero-order valence-corrected chi connectivity index (χ0v) is 9.61. The Hall–Kier alpha value is -2.21. The average Bonchev–Trinajstić information content (AvgIpc) is 2.70. The fraction of sp³-hybridized carbons (Fsp3) is 0. The molecule has 84 valence electrons. The fourth-order valence-corrected chi connectivity index (χ4v) is 1.83. The number of para-hydroxylation sites is 1. The quantitative estimate of drug-likeness (QED) is 0.505. The lowest BCUT2D eigenvalue weighted by molar-refractivity contribution is 0.983. The molecule has 0 bridgehead atoms. The number of nitrogen functional groups attached to an aromatic ring is 1. The summed E-state index contributed by atoms with van der Waals surface area (Å²) in [7, 11) is 0. The SMILES string of the molecule is Nn1c(-c2cnc3ccccc3c2)n[nH]c1=S. The van der Waals surface area contributed by atoms with E-state index < -0.39 is 0 Å². The van der Waals surface area contributed by atoms with Gasteiger partial charge in [-0.25, -0.2) is 9.77 Å². The van der Waals surface area contributed by atoms with Crippen molar-refractivity contribution in [3.8, 4) is 11.4 Å². The minimum absolute atomic E-state index is 0.383. The maximum absolute atomic E-state index is 5.77. The summed E-state index contributed by atoms with van der Waals surface area (Å²) >= 11 is 4.97. The van der Waals surface area contributed by atoms with Crippen molar-refractivity contribution < 1.29 is 0 Å². The molecule has 0 amide bonds. The summed E-state index contributed by atoms with van der Waals surface area (Å²) < 4.78 is 1.72. The number of hydrogen-bond acceptors (Lipinski definition) is 4. The molecule has 2 heterocycles. The van der Waals surface area contributed by atoms with Crippen LogP contribution in [0.2, 0.25) is 0 Å². The predicted molar refractivity (Wildman–Crippen MR) is 68.3 cm³/mol. The number of fused-ring (bicyclic) bond motifs is 1. The minimum Gasteiger partial charge on any atom is -0.335 e. The van der Waals surface area contributed by atoms with Crippen molar-refractivity contribution in [2.24, 2.45) is 0 Å². The molecule has 17 heavy (non-hydrogen) atoms. The number of aromatic amines is 1. The van der Waals surface area contributed by atoms with E-state index in [1.165, 1.54) is 4.68 Å². The number of benzene rings is 1. The van der Waals surface area contributed by atoms with Crippen molar-refractivity contribution in [3.63, 3.8) is 0 Å². The Balaban J connectivity index is 2.25. The van der Waals surface area contributed by atoms with Crippen LogP contribution < -0.4 is 5.84 Å². The number of aromatic nitrogens is 4. The second-order valence-electron chi connectivity index (χ2n) is 3.64. The Morgan fingerprint density at radius 2 is 2.12 bits per heavy atom. The van der Waals surface area contributed by atoms with E-state index in [0.29, 0.717) is 10.6 Å². The zero-order valence-electron chi connectivity index (χ0n) is 8.79. The Kier molecular flexibility index (Phi) is 2.15. The molecule has 0 aliphatic carbocycles. The number of rotatable bonds is 1. The van der Waals surface area contributed by atoms with Gasteiger partial charge in [-0.1, -0.05) is 18.2 Å². The highest BCUT2D eigenvalue weighted by Gasteiger charge is 2.07. The van der Waals surface area contributed by atoms with E-state index >= 15 is 0 Å². The van der Waals surface area contributed by atoms with Gasteiger partial charge in [0, 0.05) is 17.1 Å². The third-order valence-electron chi connectivity index (χ3n) is 2.55. The summed E-state index contributed by atoms with van der Waals surface area (Å²) in [5, 5.41) is 7.76. The third-order valence-corrected chi connectivity index (χ3v) is 2.84. The molecule has 0 saturated carbocycles. The fourth-order valence-electron chi connectivity index (χ4n) is 1.70. The molecule has 3 aromatic rings. The van der Waals surface area contributed by atoms with Gasteiger partial charge in [0.2, 0.25) is 4.77 Å². The smallest absolute Gasteiger partial charge is 0.214 e. The third kappa shape index (κ3) is 1.58. The molecular formula is C11H9N5S. The van der Waals surface area contributed by atoms with Gasteiger partial charge >= 0.3 is 0 Å². The molecule has 0 atom stereocenters. The number of nitrogens with zero attached hydrogens (tertiary/aromatic N) is 3. The molecule has 2 aromatic heterocycles. The Labute approximate surface area is 102 Å². The summed E-state index contributed by atoms with van der Waals surface area (Å²) in [5.41, 5.74) is 1.77. The van der Waals surface area contributed by atoms with E-state index in [0.717, 1.165) is 16.5 Å². The van der Waals surface area contributed by atoms with Crippen LogP contribution >= 0.6 is 12.2 Å². The van der Waals surface area contributed by atoms with Gasteiger partial charge in [-0.3, -0.25) is 4.98 Å². The number of nitrogens with two attached hydrogens (primary N) is 1. The highest BCUT2D eigenvalue weighted by molar-refractivity contribution is 7.71. The Morgan fingerprint density at radius 3 is 2.88 bits per heavy atom. The van der Waals surface area contributed by atoms with Gasteiger partial charge in [0.15, 0.2) is 5.82 Å². The Morgan fingerprint density at radius 1 is 1.29 bits per heavy atom. The van der Waals surface area contributed by atoms with Gasteiger partial charge in [-0.2, -0.15) is 5.10 Å². The first-order valence-electron chi connectivity index (χ1n) is 5.03. The lowest BCUT2D eigenvalue weighted by Crippen LogP contribution is -2.09. The molecule has 1 aromatic carbocycles. The molecule has 0 fully saturated rings. The first kappa shape index (κ1) is 9.98. The van der Waals surface area contributed by atoms with Gasteiger partial charge in [0.1, 0.15) is 0 Å². The van der Waals surface area contributed by atoms with Crippen LogP contribution in [0.3, 0.4) is 0 Å². The van der Waals surface area contributed by atoms with Gasteiger partial charge < -0.3 is 5.84 Å². The zero-order chi connectivity index (χ0) is 11.8. The highest BCUT2D eigenvalue weighted by Crippen LogP contribution is 2.19.